The number of hydrogen-bond donors (Lipinski definition) is 1. The molecule has 1 aromatic rings. The quantitative estimate of drug-likeness (QED) is 0.842. The van der Waals surface area contributed by atoms with Gasteiger partial charge in [0.05, 0.1) is 17.7 Å². The van der Waals surface area contributed by atoms with Crippen molar-refractivity contribution in [3.05, 3.63) is 28.8 Å². The summed E-state index contributed by atoms with van der Waals surface area (Å²) in [6, 6.07) is 5.23. The van der Waals surface area contributed by atoms with E-state index in [-0.39, 0.29) is 11.8 Å². The summed E-state index contributed by atoms with van der Waals surface area (Å²) < 4.78 is 5.60. The minimum absolute atomic E-state index is 0.0814. The molecule has 0 aliphatic carbocycles. The normalized spacial score (nSPS) is 18.8. The second-order valence-electron chi connectivity index (χ2n) is 5.36. The van der Waals surface area contributed by atoms with Gasteiger partial charge in [-0.05, 0) is 43.5 Å². The molecule has 3 nitrogen and oxygen atoms in total. The van der Waals surface area contributed by atoms with Gasteiger partial charge in [-0.15, -0.1) is 0 Å². The Balaban J connectivity index is 2.08. The van der Waals surface area contributed by atoms with Crippen LogP contribution in [0.1, 0.15) is 37.0 Å². The zero-order chi connectivity index (χ0) is 13.8. The van der Waals surface area contributed by atoms with Gasteiger partial charge in [0.25, 0.3) is 0 Å². The summed E-state index contributed by atoms with van der Waals surface area (Å²) in [6.07, 6.45) is 1.93. The summed E-state index contributed by atoms with van der Waals surface area (Å²) in [7, 11) is 0. The van der Waals surface area contributed by atoms with E-state index in [0.717, 1.165) is 25.1 Å². The second-order valence-corrected chi connectivity index (χ2v) is 5.77. The van der Waals surface area contributed by atoms with Crippen molar-refractivity contribution in [1.82, 2.24) is 5.32 Å². The molecule has 1 atom stereocenters. The molecule has 19 heavy (non-hydrogen) atoms. The van der Waals surface area contributed by atoms with Crippen LogP contribution in [0.5, 0.6) is 5.75 Å². The van der Waals surface area contributed by atoms with Gasteiger partial charge in [0.15, 0.2) is 5.78 Å². The van der Waals surface area contributed by atoms with Crippen molar-refractivity contribution in [2.75, 3.05) is 13.2 Å². The summed E-state index contributed by atoms with van der Waals surface area (Å²) in [5, 5.41) is 3.67. The topological polar surface area (TPSA) is 38.3 Å². The van der Waals surface area contributed by atoms with E-state index in [9.17, 15) is 4.79 Å². The Bertz CT molecular complexity index is 453. The minimum atomic E-state index is -0.0834. The number of carbonyl (C=O) groups excluding carboxylic acids is 1. The summed E-state index contributed by atoms with van der Waals surface area (Å²) in [4.78, 5) is 12.3. The van der Waals surface area contributed by atoms with E-state index in [1.54, 1.807) is 12.1 Å². The molecule has 1 fully saturated rings. The molecule has 1 saturated heterocycles. The van der Waals surface area contributed by atoms with Crippen LogP contribution in [0.4, 0.5) is 0 Å². The Kier molecular flexibility index (Phi) is 4.83. The molecule has 4 heteroatoms. The van der Waals surface area contributed by atoms with Gasteiger partial charge >= 0.3 is 0 Å². The molecule has 0 amide bonds. The standard InChI is InChI=1S/C15H20ClNO2/c1-10(2)9-19-11-5-6-12(13(16)8-11)15(18)14-4-3-7-17-14/h5-6,8,10,14,17H,3-4,7,9H2,1-2H3. The zero-order valence-electron chi connectivity index (χ0n) is 11.4. The number of ether oxygens (including phenoxy) is 1. The summed E-state index contributed by atoms with van der Waals surface area (Å²) in [5.41, 5.74) is 0.581. The maximum atomic E-state index is 12.3. The van der Waals surface area contributed by atoms with Crippen molar-refractivity contribution >= 4 is 17.4 Å². The third kappa shape index (κ3) is 3.71. The van der Waals surface area contributed by atoms with Crippen molar-refractivity contribution in [3.63, 3.8) is 0 Å². The number of rotatable bonds is 5. The van der Waals surface area contributed by atoms with E-state index in [1.807, 2.05) is 6.07 Å². The molecule has 104 valence electrons. The fourth-order valence-corrected chi connectivity index (χ4v) is 2.41. The molecule has 2 rings (SSSR count). The largest absolute Gasteiger partial charge is 0.493 e. The van der Waals surface area contributed by atoms with Gasteiger partial charge in [-0.3, -0.25) is 4.79 Å². The van der Waals surface area contributed by atoms with Crippen LogP contribution in [0.25, 0.3) is 0 Å². The highest BCUT2D eigenvalue weighted by molar-refractivity contribution is 6.34. The Hall–Kier alpha value is -1.06. The van der Waals surface area contributed by atoms with E-state index in [4.69, 9.17) is 16.3 Å². The molecule has 0 aromatic heterocycles. The second kappa shape index (κ2) is 6.40. The lowest BCUT2D eigenvalue weighted by Gasteiger charge is -2.13. The van der Waals surface area contributed by atoms with Crippen molar-refractivity contribution in [3.8, 4) is 5.75 Å². The van der Waals surface area contributed by atoms with Gasteiger partial charge in [0.2, 0.25) is 0 Å². The molecule has 0 bridgehead atoms. The smallest absolute Gasteiger partial charge is 0.181 e. The fourth-order valence-electron chi connectivity index (χ4n) is 2.14. The molecular weight excluding hydrogens is 262 g/mol. The Labute approximate surface area is 119 Å². The maximum absolute atomic E-state index is 12.3. The van der Waals surface area contributed by atoms with E-state index in [1.165, 1.54) is 0 Å². The fraction of sp³-hybridized carbons (Fsp3) is 0.533. The predicted molar refractivity (Wildman–Crippen MR) is 77.1 cm³/mol. The first-order valence-corrected chi connectivity index (χ1v) is 7.15. The summed E-state index contributed by atoms with van der Waals surface area (Å²) in [5.74, 6) is 1.26. The van der Waals surface area contributed by atoms with Crippen LogP contribution in [0.2, 0.25) is 5.02 Å². The number of ketones is 1. The third-order valence-electron chi connectivity index (χ3n) is 3.17. The molecule has 0 saturated carbocycles. The van der Waals surface area contributed by atoms with E-state index in [2.05, 4.69) is 19.2 Å². The van der Waals surface area contributed by atoms with E-state index >= 15 is 0 Å². The number of nitrogens with one attached hydrogen (secondary N) is 1. The molecular formula is C15H20ClNO2. The molecule has 1 aliphatic heterocycles. The Morgan fingerprint density at radius 3 is 2.89 bits per heavy atom. The van der Waals surface area contributed by atoms with Crippen LogP contribution in [-0.4, -0.2) is 25.0 Å². The van der Waals surface area contributed by atoms with Crippen LogP contribution in [-0.2, 0) is 0 Å². The zero-order valence-corrected chi connectivity index (χ0v) is 12.2. The first-order valence-electron chi connectivity index (χ1n) is 6.78. The molecule has 0 radical (unpaired) electrons. The van der Waals surface area contributed by atoms with Crippen LogP contribution in [0.15, 0.2) is 18.2 Å². The van der Waals surface area contributed by atoms with Crippen LogP contribution >= 0.6 is 11.6 Å². The van der Waals surface area contributed by atoms with Gasteiger partial charge in [-0.2, -0.15) is 0 Å². The van der Waals surface area contributed by atoms with Gasteiger partial charge < -0.3 is 10.1 Å². The van der Waals surface area contributed by atoms with Crippen molar-refractivity contribution in [1.29, 1.82) is 0 Å². The first kappa shape index (κ1) is 14.4. The van der Waals surface area contributed by atoms with Crippen molar-refractivity contribution in [2.45, 2.75) is 32.7 Å². The molecule has 0 spiro atoms. The van der Waals surface area contributed by atoms with Crippen LogP contribution in [0.3, 0.4) is 0 Å². The van der Waals surface area contributed by atoms with Gasteiger partial charge in [0.1, 0.15) is 5.75 Å². The van der Waals surface area contributed by atoms with Gasteiger partial charge in [-0.1, -0.05) is 25.4 Å². The lowest BCUT2D eigenvalue weighted by Crippen LogP contribution is -2.30. The van der Waals surface area contributed by atoms with Gasteiger partial charge in [0, 0.05) is 5.56 Å². The lowest BCUT2D eigenvalue weighted by molar-refractivity contribution is 0.0952. The van der Waals surface area contributed by atoms with Crippen LogP contribution < -0.4 is 10.1 Å². The number of benzene rings is 1. The molecule has 1 N–H and O–H groups in total. The monoisotopic (exact) mass is 281 g/mol. The van der Waals surface area contributed by atoms with Crippen molar-refractivity contribution < 1.29 is 9.53 Å². The third-order valence-corrected chi connectivity index (χ3v) is 3.48. The lowest BCUT2D eigenvalue weighted by atomic mass is 10.0. The maximum Gasteiger partial charge on any atom is 0.181 e. The van der Waals surface area contributed by atoms with Crippen LogP contribution in [0, 0.1) is 5.92 Å². The summed E-state index contributed by atoms with van der Waals surface area (Å²) >= 11 is 6.19. The minimum Gasteiger partial charge on any atom is -0.493 e. The summed E-state index contributed by atoms with van der Waals surface area (Å²) in [6.45, 7) is 5.73. The highest BCUT2D eigenvalue weighted by Gasteiger charge is 2.24. The number of halogens is 1. The molecule has 1 aromatic carbocycles. The molecule has 1 unspecified atom stereocenters. The van der Waals surface area contributed by atoms with E-state index < -0.39 is 0 Å². The number of carbonyl (C=O) groups is 1. The average molecular weight is 282 g/mol. The van der Waals surface area contributed by atoms with E-state index in [0.29, 0.717) is 23.1 Å². The highest BCUT2D eigenvalue weighted by Crippen LogP contribution is 2.25. The molecule has 1 heterocycles. The van der Waals surface area contributed by atoms with Gasteiger partial charge in [-0.25, -0.2) is 0 Å². The highest BCUT2D eigenvalue weighted by atomic mass is 35.5. The first-order chi connectivity index (χ1) is 9.08. The number of Topliss-reactive ketones (excluding diaryl/α,β-unsaturated/α-hetero) is 1. The SMILES string of the molecule is CC(C)COc1ccc(C(=O)C2CCCN2)c(Cl)c1. The van der Waals surface area contributed by atoms with Crippen molar-refractivity contribution in [2.24, 2.45) is 5.92 Å². The Morgan fingerprint density at radius 1 is 1.53 bits per heavy atom. The Morgan fingerprint density at radius 2 is 2.32 bits per heavy atom. The predicted octanol–water partition coefficient (Wildman–Crippen LogP) is 3.31. The molecule has 1 aliphatic rings. The average Bonchev–Trinajstić information content (AvgIpc) is 2.89. The number of hydrogen-bond acceptors (Lipinski definition) is 3.